The van der Waals surface area contributed by atoms with Crippen LogP contribution in [0.15, 0.2) is 42.5 Å². The van der Waals surface area contributed by atoms with E-state index in [9.17, 15) is 4.79 Å². The Balaban J connectivity index is 2.29. The maximum Gasteiger partial charge on any atom is 0.411 e. The zero-order valence-corrected chi connectivity index (χ0v) is 12.8. The molecule has 0 saturated carbocycles. The number of nitrogens with zero attached hydrogens (tertiary/aromatic N) is 2. The normalized spacial score (nSPS) is 10.1. The highest BCUT2D eigenvalue weighted by Gasteiger charge is 2.13. The van der Waals surface area contributed by atoms with Crippen LogP contribution in [0.2, 0.25) is 0 Å². The van der Waals surface area contributed by atoms with Crippen LogP contribution in [-0.4, -0.2) is 32.3 Å². The second-order valence-electron chi connectivity index (χ2n) is 5.06. The lowest BCUT2D eigenvalue weighted by Gasteiger charge is -2.17. The second-order valence-corrected chi connectivity index (χ2v) is 5.06. The van der Waals surface area contributed by atoms with E-state index in [1.165, 1.54) is 7.05 Å². The van der Waals surface area contributed by atoms with Gasteiger partial charge in [-0.3, -0.25) is 4.90 Å². The van der Waals surface area contributed by atoms with Gasteiger partial charge in [0, 0.05) is 39.0 Å². The minimum absolute atomic E-state index is 0.374. The molecule has 0 aliphatic heterocycles. The van der Waals surface area contributed by atoms with Gasteiger partial charge in [0.25, 0.3) is 0 Å². The van der Waals surface area contributed by atoms with Crippen molar-refractivity contribution >= 4 is 23.2 Å². The number of rotatable bonds is 4. The zero-order valence-electron chi connectivity index (χ0n) is 12.8. The Hall–Kier alpha value is -2.89. The van der Waals surface area contributed by atoms with Crippen molar-refractivity contribution < 1.29 is 14.6 Å². The molecule has 0 heterocycles. The molecule has 0 aliphatic carbocycles. The minimum Gasteiger partial charge on any atom is -0.465 e. The number of nitrogen functional groups attached to an aromatic ring is 1. The topological polar surface area (TPSA) is 79.0 Å². The van der Waals surface area contributed by atoms with Crippen LogP contribution in [0.1, 0.15) is 0 Å². The first kappa shape index (κ1) is 15.5. The quantitative estimate of drug-likeness (QED) is 0.847. The Morgan fingerprint density at radius 3 is 2.41 bits per heavy atom. The molecule has 1 amide bonds. The lowest BCUT2D eigenvalue weighted by molar-refractivity contribution is 0.203. The van der Waals surface area contributed by atoms with Gasteiger partial charge in [-0.05, 0) is 24.3 Å². The largest absolute Gasteiger partial charge is 0.465 e. The summed E-state index contributed by atoms with van der Waals surface area (Å²) in [6.45, 7) is 0. The number of ether oxygens (including phenoxy) is 1. The molecule has 0 atom stereocenters. The molecular formula is C16H19N3O3. The molecule has 6 heteroatoms. The average Bonchev–Trinajstić information content (AvgIpc) is 2.48. The monoisotopic (exact) mass is 301 g/mol. The van der Waals surface area contributed by atoms with Crippen LogP contribution in [0.5, 0.6) is 11.5 Å². The lowest BCUT2D eigenvalue weighted by atomic mass is 10.2. The van der Waals surface area contributed by atoms with E-state index in [0.29, 0.717) is 22.9 Å². The van der Waals surface area contributed by atoms with Crippen LogP contribution >= 0.6 is 0 Å². The predicted molar refractivity (Wildman–Crippen MR) is 88.1 cm³/mol. The maximum absolute atomic E-state index is 11.1. The van der Waals surface area contributed by atoms with Gasteiger partial charge in [-0.2, -0.15) is 0 Å². The van der Waals surface area contributed by atoms with E-state index < -0.39 is 6.09 Å². The number of hydrogen-bond donors (Lipinski definition) is 2. The molecule has 0 bridgehead atoms. The highest BCUT2D eigenvalue weighted by molar-refractivity contribution is 5.90. The number of carboxylic acid groups (broad SMARTS) is 1. The van der Waals surface area contributed by atoms with E-state index in [0.717, 1.165) is 10.6 Å². The van der Waals surface area contributed by atoms with Crippen LogP contribution in [0.25, 0.3) is 0 Å². The maximum atomic E-state index is 11.1. The van der Waals surface area contributed by atoms with E-state index >= 15 is 0 Å². The highest BCUT2D eigenvalue weighted by Crippen LogP contribution is 2.31. The number of benzene rings is 2. The molecule has 0 radical (unpaired) electrons. The van der Waals surface area contributed by atoms with Crippen molar-refractivity contribution in [2.75, 3.05) is 36.7 Å². The van der Waals surface area contributed by atoms with Crippen molar-refractivity contribution in [3.63, 3.8) is 0 Å². The van der Waals surface area contributed by atoms with Crippen molar-refractivity contribution in [3.05, 3.63) is 42.5 Å². The molecule has 0 spiro atoms. The van der Waals surface area contributed by atoms with Crippen LogP contribution in [0.4, 0.5) is 21.9 Å². The van der Waals surface area contributed by atoms with Gasteiger partial charge < -0.3 is 20.5 Å². The predicted octanol–water partition coefficient (Wildman–Crippen LogP) is 3.24. The molecule has 6 nitrogen and oxygen atoms in total. The first-order valence-electron chi connectivity index (χ1n) is 6.70. The van der Waals surface area contributed by atoms with Crippen LogP contribution in [0, 0.1) is 0 Å². The molecule has 3 N–H and O–H groups in total. The number of carbonyl (C=O) groups is 1. The molecule has 2 rings (SSSR count). The van der Waals surface area contributed by atoms with Crippen LogP contribution in [0.3, 0.4) is 0 Å². The van der Waals surface area contributed by atoms with Crippen LogP contribution < -0.4 is 20.3 Å². The van der Waals surface area contributed by atoms with E-state index in [4.69, 9.17) is 15.6 Å². The molecule has 0 aromatic heterocycles. The Morgan fingerprint density at radius 1 is 1.09 bits per heavy atom. The fourth-order valence-corrected chi connectivity index (χ4v) is 1.94. The Labute approximate surface area is 129 Å². The second kappa shape index (κ2) is 6.26. The molecule has 2 aromatic carbocycles. The summed E-state index contributed by atoms with van der Waals surface area (Å²) in [6, 6.07) is 12.5. The van der Waals surface area contributed by atoms with Crippen LogP contribution in [-0.2, 0) is 0 Å². The SMILES string of the molecule is CN(C)c1cccc(Oc2ccc(N)c(N(C)C(=O)O)c2)c1. The van der Waals surface area contributed by atoms with Crippen molar-refractivity contribution in [3.8, 4) is 11.5 Å². The van der Waals surface area contributed by atoms with Gasteiger partial charge in [0.05, 0.1) is 11.4 Å². The smallest absolute Gasteiger partial charge is 0.411 e. The molecule has 22 heavy (non-hydrogen) atoms. The van der Waals surface area contributed by atoms with E-state index in [1.807, 2.05) is 43.3 Å². The minimum atomic E-state index is -1.08. The number of hydrogen-bond acceptors (Lipinski definition) is 4. The third kappa shape index (κ3) is 3.41. The number of amides is 1. The standard InChI is InChI=1S/C16H19N3O3/c1-18(2)11-5-4-6-12(9-11)22-13-7-8-14(17)15(10-13)19(3)16(20)21/h4-10H,17H2,1-3H3,(H,20,21). The Bertz CT molecular complexity index is 686. The van der Waals surface area contributed by atoms with Gasteiger partial charge in [0.15, 0.2) is 0 Å². The van der Waals surface area contributed by atoms with Crippen molar-refractivity contribution in [1.82, 2.24) is 0 Å². The Morgan fingerprint density at radius 2 is 1.77 bits per heavy atom. The van der Waals surface area contributed by atoms with Gasteiger partial charge in [0.2, 0.25) is 0 Å². The lowest BCUT2D eigenvalue weighted by Crippen LogP contribution is -2.24. The zero-order chi connectivity index (χ0) is 16.3. The molecule has 0 aliphatic rings. The van der Waals surface area contributed by atoms with Crippen molar-refractivity contribution in [2.24, 2.45) is 0 Å². The van der Waals surface area contributed by atoms with E-state index in [-0.39, 0.29) is 0 Å². The van der Waals surface area contributed by atoms with Crippen molar-refractivity contribution in [2.45, 2.75) is 0 Å². The van der Waals surface area contributed by atoms with Gasteiger partial charge in [0.1, 0.15) is 11.5 Å². The fraction of sp³-hybridized carbons (Fsp3) is 0.188. The third-order valence-electron chi connectivity index (χ3n) is 3.22. The average molecular weight is 301 g/mol. The molecule has 116 valence electrons. The summed E-state index contributed by atoms with van der Waals surface area (Å²) in [7, 11) is 5.33. The molecule has 0 unspecified atom stereocenters. The summed E-state index contributed by atoms with van der Waals surface area (Å²) in [6.07, 6.45) is -1.08. The third-order valence-corrected chi connectivity index (χ3v) is 3.22. The highest BCUT2D eigenvalue weighted by atomic mass is 16.5. The molecule has 0 fully saturated rings. The first-order valence-corrected chi connectivity index (χ1v) is 6.70. The Kier molecular flexibility index (Phi) is 4.41. The summed E-state index contributed by atoms with van der Waals surface area (Å²) in [4.78, 5) is 14.1. The van der Waals surface area contributed by atoms with Crippen molar-refractivity contribution in [1.29, 1.82) is 0 Å². The van der Waals surface area contributed by atoms with Gasteiger partial charge >= 0.3 is 6.09 Å². The van der Waals surface area contributed by atoms with Gasteiger partial charge in [-0.1, -0.05) is 6.07 Å². The molecular weight excluding hydrogens is 282 g/mol. The summed E-state index contributed by atoms with van der Waals surface area (Å²) in [5.41, 5.74) is 7.59. The number of anilines is 3. The van der Waals surface area contributed by atoms with Gasteiger partial charge in [-0.25, -0.2) is 4.79 Å². The summed E-state index contributed by atoms with van der Waals surface area (Å²) in [5, 5.41) is 9.06. The van der Waals surface area contributed by atoms with E-state index in [1.54, 1.807) is 18.2 Å². The number of nitrogens with two attached hydrogens (primary N) is 1. The summed E-state index contributed by atoms with van der Waals surface area (Å²) in [5.74, 6) is 1.19. The fourth-order valence-electron chi connectivity index (χ4n) is 1.94. The summed E-state index contributed by atoms with van der Waals surface area (Å²) >= 11 is 0. The van der Waals surface area contributed by atoms with Gasteiger partial charge in [-0.15, -0.1) is 0 Å². The molecule has 2 aromatic rings. The summed E-state index contributed by atoms with van der Waals surface area (Å²) < 4.78 is 5.79. The molecule has 0 saturated heterocycles. The first-order chi connectivity index (χ1) is 10.4. The van der Waals surface area contributed by atoms with E-state index in [2.05, 4.69) is 0 Å².